The summed E-state index contributed by atoms with van der Waals surface area (Å²) in [6, 6.07) is 21.0. The first-order valence-corrected chi connectivity index (χ1v) is 10.8. The van der Waals surface area contributed by atoms with Crippen LogP contribution in [0.4, 0.5) is 14.7 Å². The molecule has 4 aromatic rings. The Bertz CT molecular complexity index is 1350. The van der Waals surface area contributed by atoms with E-state index in [2.05, 4.69) is 39.8 Å². The number of imidazole rings is 1. The van der Waals surface area contributed by atoms with E-state index in [1.807, 2.05) is 36.4 Å². The van der Waals surface area contributed by atoms with Gasteiger partial charge in [-0.1, -0.05) is 42.0 Å². The Kier molecular flexibility index (Phi) is 5.46. The van der Waals surface area contributed by atoms with Crippen LogP contribution in [0.2, 0.25) is 0 Å². The normalized spacial score (nSPS) is 15.2. The summed E-state index contributed by atoms with van der Waals surface area (Å²) in [5, 5.41) is 3.46. The van der Waals surface area contributed by atoms with Crippen molar-refractivity contribution in [3.63, 3.8) is 0 Å². The van der Waals surface area contributed by atoms with Gasteiger partial charge in [-0.3, -0.25) is 4.57 Å². The molecule has 1 aliphatic heterocycles. The molecule has 168 valence electrons. The van der Waals surface area contributed by atoms with Gasteiger partial charge in [-0.2, -0.15) is 8.78 Å². The zero-order chi connectivity index (χ0) is 22.9. The van der Waals surface area contributed by atoms with E-state index in [0.29, 0.717) is 12.6 Å². The molecule has 0 unspecified atom stereocenters. The van der Waals surface area contributed by atoms with Gasteiger partial charge in [0.05, 0.1) is 23.7 Å². The van der Waals surface area contributed by atoms with Crippen LogP contribution >= 0.6 is 0 Å². The molecule has 1 atom stereocenters. The fourth-order valence-electron chi connectivity index (χ4n) is 4.21. The molecule has 1 aromatic heterocycles. The number of para-hydroxylation sites is 2. The Hall–Kier alpha value is -3.87. The molecule has 33 heavy (non-hydrogen) atoms. The van der Waals surface area contributed by atoms with E-state index in [4.69, 9.17) is 9.72 Å². The van der Waals surface area contributed by atoms with E-state index in [0.717, 1.165) is 33.4 Å². The van der Waals surface area contributed by atoms with Crippen LogP contribution in [0.15, 0.2) is 72.8 Å². The quantitative estimate of drug-likeness (QED) is 0.372. The van der Waals surface area contributed by atoms with Crippen LogP contribution in [0.5, 0.6) is 11.5 Å². The highest BCUT2D eigenvalue weighted by Crippen LogP contribution is 2.40. The van der Waals surface area contributed by atoms with Crippen molar-refractivity contribution < 1.29 is 18.3 Å². The Morgan fingerprint density at radius 3 is 2.67 bits per heavy atom. The summed E-state index contributed by atoms with van der Waals surface area (Å²) < 4.78 is 38.2. The van der Waals surface area contributed by atoms with Crippen molar-refractivity contribution in [2.45, 2.75) is 26.5 Å². The molecule has 0 amide bonds. The van der Waals surface area contributed by atoms with E-state index < -0.39 is 6.61 Å². The first-order chi connectivity index (χ1) is 16.0. The van der Waals surface area contributed by atoms with E-state index in [1.54, 1.807) is 19.1 Å². The number of aryl methyl sites for hydroxylation is 1. The first kappa shape index (κ1) is 21.0. The first-order valence-electron chi connectivity index (χ1n) is 10.8. The highest BCUT2D eigenvalue weighted by Gasteiger charge is 2.26. The van der Waals surface area contributed by atoms with E-state index >= 15 is 0 Å². The molecule has 0 fully saturated rings. The molecule has 1 aliphatic rings. The van der Waals surface area contributed by atoms with Crippen molar-refractivity contribution >= 4 is 22.7 Å². The third-order valence-electron chi connectivity index (χ3n) is 5.60. The number of alkyl halides is 2. The Labute approximate surface area is 190 Å². The third kappa shape index (κ3) is 4.02. The van der Waals surface area contributed by atoms with Crippen molar-refractivity contribution in [1.82, 2.24) is 9.55 Å². The van der Waals surface area contributed by atoms with Crippen LogP contribution in [0, 0.1) is 6.92 Å². The lowest BCUT2D eigenvalue weighted by atomic mass is 10.00. The van der Waals surface area contributed by atoms with Crippen LogP contribution < -0.4 is 14.8 Å². The molecule has 1 N–H and O–H groups in total. The van der Waals surface area contributed by atoms with Gasteiger partial charge in [0.2, 0.25) is 5.95 Å². The molecule has 0 saturated carbocycles. The summed E-state index contributed by atoms with van der Waals surface area (Å²) in [6.07, 6.45) is 2.12. The standard InChI is InChI=1S/C26H23F2N3O2/c1-3-32-24-14-18(11-12-23(24)33-25(27)28)22-15-20(17-8-6-7-16(2)13-17)30-26-29-19-9-4-5-10-21(19)31(22)26/h4-15,22,25H,3H2,1-2H3,(H,29,30)/t22-/m0/s1. The van der Waals surface area contributed by atoms with Gasteiger partial charge in [0.15, 0.2) is 11.5 Å². The molecule has 0 saturated heterocycles. The second kappa shape index (κ2) is 8.58. The second-order valence-corrected chi connectivity index (χ2v) is 7.83. The Morgan fingerprint density at radius 1 is 1.03 bits per heavy atom. The number of halogens is 2. The van der Waals surface area contributed by atoms with Crippen molar-refractivity contribution in [2.24, 2.45) is 0 Å². The number of benzene rings is 3. The number of allylic oxidation sites excluding steroid dienone is 1. The number of fused-ring (bicyclic) bond motifs is 3. The van der Waals surface area contributed by atoms with E-state index in [9.17, 15) is 8.78 Å². The fraction of sp³-hybridized carbons (Fsp3) is 0.192. The summed E-state index contributed by atoms with van der Waals surface area (Å²) in [6.45, 7) is 1.26. The lowest BCUT2D eigenvalue weighted by molar-refractivity contribution is -0.0514. The lowest BCUT2D eigenvalue weighted by Gasteiger charge is -2.27. The minimum absolute atomic E-state index is 0.0168. The average molecular weight is 447 g/mol. The number of ether oxygens (including phenoxy) is 2. The molecule has 0 spiro atoms. The van der Waals surface area contributed by atoms with E-state index in [1.165, 1.54) is 6.07 Å². The molecule has 0 bridgehead atoms. The molecule has 2 heterocycles. The van der Waals surface area contributed by atoms with Gasteiger partial charge < -0.3 is 14.8 Å². The Morgan fingerprint density at radius 2 is 1.88 bits per heavy atom. The smallest absolute Gasteiger partial charge is 0.387 e. The molecule has 0 aliphatic carbocycles. The number of anilines is 1. The molecule has 5 rings (SSSR count). The molecule has 0 radical (unpaired) electrons. The number of aromatic nitrogens is 2. The zero-order valence-corrected chi connectivity index (χ0v) is 18.3. The average Bonchev–Trinajstić information content (AvgIpc) is 3.18. The number of rotatable bonds is 6. The molecule has 3 aromatic carbocycles. The van der Waals surface area contributed by atoms with Crippen LogP contribution in [0.1, 0.15) is 29.7 Å². The molecule has 7 heteroatoms. The molecular weight excluding hydrogens is 424 g/mol. The highest BCUT2D eigenvalue weighted by molar-refractivity contribution is 5.85. The van der Waals surface area contributed by atoms with Crippen molar-refractivity contribution in [1.29, 1.82) is 0 Å². The van der Waals surface area contributed by atoms with Crippen LogP contribution in [-0.4, -0.2) is 22.8 Å². The summed E-state index contributed by atoms with van der Waals surface area (Å²) in [5.74, 6) is 1.01. The zero-order valence-electron chi connectivity index (χ0n) is 18.3. The second-order valence-electron chi connectivity index (χ2n) is 7.83. The number of nitrogens with zero attached hydrogens (tertiary/aromatic N) is 2. The van der Waals surface area contributed by atoms with Gasteiger partial charge in [-0.05, 0) is 61.4 Å². The van der Waals surface area contributed by atoms with Gasteiger partial charge in [-0.25, -0.2) is 4.98 Å². The topological polar surface area (TPSA) is 48.3 Å². The van der Waals surface area contributed by atoms with Gasteiger partial charge in [0.1, 0.15) is 0 Å². The summed E-state index contributed by atoms with van der Waals surface area (Å²) >= 11 is 0. The maximum absolute atomic E-state index is 12.9. The van der Waals surface area contributed by atoms with Crippen molar-refractivity contribution in [3.05, 3.63) is 89.5 Å². The lowest BCUT2D eigenvalue weighted by Crippen LogP contribution is -2.19. The SMILES string of the molecule is CCOc1cc([C@@H]2C=C(c3cccc(C)c3)Nc3nc4ccccc4n32)ccc1OC(F)F. The predicted molar refractivity (Wildman–Crippen MR) is 125 cm³/mol. The number of hydrogen-bond donors (Lipinski definition) is 1. The van der Waals surface area contributed by atoms with Gasteiger partial charge in [-0.15, -0.1) is 0 Å². The fourth-order valence-corrected chi connectivity index (χ4v) is 4.21. The minimum Gasteiger partial charge on any atom is -0.490 e. The monoisotopic (exact) mass is 447 g/mol. The van der Waals surface area contributed by atoms with Crippen LogP contribution in [0.3, 0.4) is 0 Å². The van der Waals surface area contributed by atoms with Crippen molar-refractivity contribution in [3.8, 4) is 11.5 Å². The largest absolute Gasteiger partial charge is 0.490 e. The predicted octanol–water partition coefficient (Wildman–Crippen LogP) is 6.40. The van der Waals surface area contributed by atoms with Crippen molar-refractivity contribution in [2.75, 3.05) is 11.9 Å². The maximum atomic E-state index is 12.9. The maximum Gasteiger partial charge on any atom is 0.387 e. The number of nitrogens with one attached hydrogen (secondary N) is 1. The third-order valence-corrected chi connectivity index (χ3v) is 5.60. The molecular formula is C26H23F2N3O2. The van der Waals surface area contributed by atoms with Crippen LogP contribution in [-0.2, 0) is 0 Å². The van der Waals surface area contributed by atoms with Gasteiger partial charge in [0.25, 0.3) is 0 Å². The number of hydrogen-bond acceptors (Lipinski definition) is 4. The molecule has 5 nitrogen and oxygen atoms in total. The summed E-state index contributed by atoms with van der Waals surface area (Å²) in [5.41, 5.74) is 5.83. The van der Waals surface area contributed by atoms with Crippen LogP contribution in [0.25, 0.3) is 16.7 Å². The Balaban J connectivity index is 1.67. The summed E-state index contributed by atoms with van der Waals surface area (Å²) in [7, 11) is 0. The van der Waals surface area contributed by atoms with Gasteiger partial charge >= 0.3 is 6.61 Å². The van der Waals surface area contributed by atoms with E-state index in [-0.39, 0.29) is 17.5 Å². The minimum atomic E-state index is -2.93. The highest BCUT2D eigenvalue weighted by atomic mass is 19.3. The van der Waals surface area contributed by atoms with Gasteiger partial charge in [0, 0.05) is 5.70 Å². The summed E-state index contributed by atoms with van der Waals surface area (Å²) in [4.78, 5) is 4.80.